The van der Waals surface area contributed by atoms with Crippen LogP contribution in [0.3, 0.4) is 0 Å². The highest BCUT2D eigenvalue weighted by atomic mass is 32.2. The van der Waals surface area contributed by atoms with Crippen LogP contribution in [0.25, 0.3) is 0 Å². The number of nitrogens with zero attached hydrogens (tertiary/aromatic N) is 1. The Morgan fingerprint density at radius 1 is 1.35 bits per heavy atom. The molecule has 0 atom stereocenters. The lowest BCUT2D eigenvalue weighted by Crippen LogP contribution is -2.30. The molecule has 1 aliphatic rings. The number of aryl methyl sites for hydroxylation is 1. The molecular weight excluding hydrogens is 283 g/mol. The van der Waals surface area contributed by atoms with Crippen molar-refractivity contribution >= 4 is 10.0 Å². The van der Waals surface area contributed by atoms with Gasteiger partial charge in [0.1, 0.15) is 5.82 Å². The Balaban J connectivity index is 1.87. The number of hydrogen-bond donors (Lipinski definition) is 1. The average Bonchev–Trinajstić information content (AvgIpc) is 2.87. The first-order chi connectivity index (χ1) is 9.49. The number of rotatable bonds is 6. The third kappa shape index (κ3) is 3.99. The van der Waals surface area contributed by atoms with Gasteiger partial charge in [0.15, 0.2) is 0 Å². The lowest BCUT2D eigenvalue weighted by atomic mass is 10.2. The maximum atomic E-state index is 13.0. The number of sulfonamides is 1. The molecule has 0 aliphatic carbocycles. The second-order valence-electron chi connectivity index (χ2n) is 4.89. The minimum atomic E-state index is -3.76. The van der Waals surface area contributed by atoms with Crippen LogP contribution < -0.4 is 4.89 Å². The predicted molar refractivity (Wildman–Crippen MR) is 73.1 cm³/mol. The van der Waals surface area contributed by atoms with Gasteiger partial charge < -0.3 is 4.90 Å². The van der Waals surface area contributed by atoms with Crippen LogP contribution in [0.1, 0.15) is 18.4 Å². The zero-order chi connectivity index (χ0) is 14.6. The van der Waals surface area contributed by atoms with Gasteiger partial charge in [-0.15, -0.1) is 0 Å². The molecule has 1 aromatic carbocycles. The number of likely N-dealkylation sites (tertiary alicyclic amines) is 1. The lowest BCUT2D eigenvalue weighted by Gasteiger charge is -2.14. The van der Waals surface area contributed by atoms with Gasteiger partial charge in [0.25, 0.3) is 10.0 Å². The van der Waals surface area contributed by atoms with E-state index in [9.17, 15) is 12.8 Å². The van der Waals surface area contributed by atoms with Crippen molar-refractivity contribution < 1.29 is 17.6 Å². The van der Waals surface area contributed by atoms with Gasteiger partial charge in [-0.2, -0.15) is 0 Å². The van der Waals surface area contributed by atoms with Crippen molar-refractivity contribution in [1.82, 2.24) is 9.79 Å². The Bertz CT molecular complexity index is 557. The Labute approximate surface area is 118 Å². The van der Waals surface area contributed by atoms with E-state index in [2.05, 4.69) is 9.79 Å². The molecular formula is C13H19FN2O3S. The molecule has 1 saturated heterocycles. The largest absolute Gasteiger partial charge is 0.301 e. The first-order valence-corrected chi connectivity index (χ1v) is 8.09. The smallest absolute Gasteiger partial charge is 0.262 e. The molecule has 0 unspecified atom stereocenters. The molecule has 1 heterocycles. The molecule has 0 saturated carbocycles. The van der Waals surface area contributed by atoms with Gasteiger partial charge in [-0.1, -0.05) is 4.89 Å². The summed E-state index contributed by atoms with van der Waals surface area (Å²) in [5, 5.41) is 0. The minimum Gasteiger partial charge on any atom is -0.301 e. The summed E-state index contributed by atoms with van der Waals surface area (Å²) < 4.78 is 36.9. The summed E-state index contributed by atoms with van der Waals surface area (Å²) in [5.41, 5.74) is 0.348. The summed E-state index contributed by atoms with van der Waals surface area (Å²) >= 11 is 0. The molecule has 0 aromatic heterocycles. The SMILES string of the molecule is Cc1cc(F)ccc1S(=O)(=O)NOCCN1CCCC1. The maximum absolute atomic E-state index is 13.0. The maximum Gasteiger partial charge on any atom is 0.262 e. The van der Waals surface area contributed by atoms with E-state index in [1.807, 2.05) is 0 Å². The average molecular weight is 302 g/mol. The van der Waals surface area contributed by atoms with Crippen molar-refractivity contribution in [3.05, 3.63) is 29.6 Å². The summed E-state index contributed by atoms with van der Waals surface area (Å²) in [7, 11) is -3.76. The van der Waals surface area contributed by atoms with Crippen molar-refractivity contribution in [2.24, 2.45) is 0 Å². The minimum absolute atomic E-state index is 0.0278. The second-order valence-corrected chi connectivity index (χ2v) is 6.51. The van der Waals surface area contributed by atoms with Crippen LogP contribution in [0, 0.1) is 12.7 Å². The standard InChI is InChI=1S/C13H19FN2O3S/c1-11-10-12(14)4-5-13(11)20(17,18)15-19-9-8-16-6-2-3-7-16/h4-5,10,15H,2-3,6-9H2,1H3. The Morgan fingerprint density at radius 3 is 2.70 bits per heavy atom. The van der Waals surface area contributed by atoms with Crippen LogP contribution in [-0.4, -0.2) is 39.6 Å². The molecule has 7 heteroatoms. The van der Waals surface area contributed by atoms with Crippen LogP contribution in [-0.2, 0) is 14.9 Å². The van der Waals surface area contributed by atoms with Crippen LogP contribution in [0.15, 0.2) is 23.1 Å². The summed E-state index contributed by atoms with van der Waals surface area (Å²) in [6, 6.07) is 3.53. The molecule has 0 bridgehead atoms. The predicted octanol–water partition coefficient (Wildman–Crippen LogP) is 1.44. The van der Waals surface area contributed by atoms with Gasteiger partial charge >= 0.3 is 0 Å². The number of halogens is 1. The quantitative estimate of drug-likeness (QED) is 0.638. The van der Waals surface area contributed by atoms with E-state index in [4.69, 9.17) is 4.84 Å². The molecule has 5 nitrogen and oxygen atoms in total. The van der Waals surface area contributed by atoms with Gasteiger partial charge in [0.05, 0.1) is 11.5 Å². The molecule has 20 heavy (non-hydrogen) atoms. The second kappa shape index (κ2) is 6.62. The van der Waals surface area contributed by atoms with Gasteiger partial charge in [-0.3, -0.25) is 4.84 Å². The van der Waals surface area contributed by atoms with E-state index in [-0.39, 0.29) is 4.90 Å². The van der Waals surface area contributed by atoms with Crippen molar-refractivity contribution in [3.63, 3.8) is 0 Å². The Morgan fingerprint density at radius 2 is 2.05 bits per heavy atom. The molecule has 1 N–H and O–H groups in total. The first-order valence-electron chi connectivity index (χ1n) is 6.61. The van der Waals surface area contributed by atoms with Crippen LogP contribution in [0.4, 0.5) is 4.39 Å². The third-order valence-electron chi connectivity index (χ3n) is 3.30. The van der Waals surface area contributed by atoms with Gasteiger partial charge in [0, 0.05) is 6.54 Å². The van der Waals surface area contributed by atoms with Gasteiger partial charge in [-0.25, -0.2) is 12.8 Å². The van der Waals surface area contributed by atoms with E-state index >= 15 is 0 Å². The van der Waals surface area contributed by atoms with E-state index in [1.54, 1.807) is 6.92 Å². The molecule has 0 spiro atoms. The van der Waals surface area contributed by atoms with E-state index < -0.39 is 15.8 Å². The van der Waals surface area contributed by atoms with Gasteiger partial charge in [-0.05, 0) is 56.6 Å². The molecule has 0 radical (unpaired) electrons. The van der Waals surface area contributed by atoms with Crippen LogP contribution in [0.2, 0.25) is 0 Å². The number of nitrogens with one attached hydrogen (secondary N) is 1. The van der Waals surface area contributed by atoms with Gasteiger partial charge in [0.2, 0.25) is 0 Å². The number of benzene rings is 1. The highest BCUT2D eigenvalue weighted by Gasteiger charge is 2.18. The van der Waals surface area contributed by atoms with Crippen molar-refractivity contribution in [2.45, 2.75) is 24.7 Å². The first kappa shape index (κ1) is 15.4. The van der Waals surface area contributed by atoms with Crippen LogP contribution in [0.5, 0.6) is 0 Å². The Kier molecular flexibility index (Phi) is 5.09. The summed E-state index contributed by atoms with van der Waals surface area (Å²) in [6.07, 6.45) is 2.36. The molecule has 0 amide bonds. The molecule has 2 rings (SSSR count). The summed E-state index contributed by atoms with van der Waals surface area (Å²) in [4.78, 5) is 9.36. The van der Waals surface area contributed by atoms with Crippen molar-refractivity contribution in [2.75, 3.05) is 26.2 Å². The van der Waals surface area contributed by atoms with E-state index in [0.29, 0.717) is 18.7 Å². The van der Waals surface area contributed by atoms with E-state index in [0.717, 1.165) is 19.2 Å². The third-order valence-corrected chi connectivity index (χ3v) is 4.68. The summed E-state index contributed by atoms with van der Waals surface area (Å²) in [6.45, 7) is 4.60. The van der Waals surface area contributed by atoms with Crippen molar-refractivity contribution in [1.29, 1.82) is 0 Å². The fraction of sp³-hybridized carbons (Fsp3) is 0.538. The monoisotopic (exact) mass is 302 g/mol. The lowest BCUT2D eigenvalue weighted by molar-refractivity contribution is 0.0756. The molecule has 112 valence electrons. The number of hydrogen-bond acceptors (Lipinski definition) is 4. The zero-order valence-electron chi connectivity index (χ0n) is 11.4. The fourth-order valence-electron chi connectivity index (χ4n) is 2.26. The topological polar surface area (TPSA) is 58.6 Å². The molecule has 1 aromatic rings. The fourth-order valence-corrected chi connectivity index (χ4v) is 3.32. The van der Waals surface area contributed by atoms with E-state index in [1.165, 1.54) is 25.0 Å². The normalized spacial score (nSPS) is 16.7. The molecule has 1 aliphatic heterocycles. The summed E-state index contributed by atoms with van der Waals surface area (Å²) in [5.74, 6) is -0.462. The highest BCUT2D eigenvalue weighted by Crippen LogP contribution is 2.15. The van der Waals surface area contributed by atoms with Crippen molar-refractivity contribution in [3.8, 4) is 0 Å². The molecule has 1 fully saturated rings. The zero-order valence-corrected chi connectivity index (χ0v) is 12.2. The van der Waals surface area contributed by atoms with Crippen LogP contribution >= 0.6 is 0 Å². The highest BCUT2D eigenvalue weighted by molar-refractivity contribution is 7.89. The Hall–Kier alpha value is -1.02.